The molecular formula is C16H23BrN2O. The number of nitrogens with one attached hydrogen (secondary N) is 1. The molecular weight excluding hydrogens is 316 g/mol. The van der Waals surface area contributed by atoms with Gasteiger partial charge >= 0.3 is 0 Å². The van der Waals surface area contributed by atoms with Gasteiger partial charge in [-0.15, -0.1) is 0 Å². The number of hydrogen-bond acceptors (Lipinski definition) is 2. The Kier molecular flexibility index (Phi) is 4.86. The summed E-state index contributed by atoms with van der Waals surface area (Å²) in [5.74, 6) is 0.0305. The number of amides is 1. The van der Waals surface area contributed by atoms with Crippen molar-refractivity contribution in [3.05, 3.63) is 27.7 Å². The Morgan fingerprint density at radius 1 is 1.25 bits per heavy atom. The van der Waals surface area contributed by atoms with Gasteiger partial charge in [0, 0.05) is 22.1 Å². The maximum atomic E-state index is 12.3. The van der Waals surface area contributed by atoms with Crippen molar-refractivity contribution < 1.29 is 4.79 Å². The zero-order valence-corrected chi connectivity index (χ0v) is 13.8. The van der Waals surface area contributed by atoms with Crippen molar-refractivity contribution in [3.8, 4) is 0 Å². The summed E-state index contributed by atoms with van der Waals surface area (Å²) in [7, 11) is 0. The molecule has 0 radical (unpaired) electrons. The summed E-state index contributed by atoms with van der Waals surface area (Å²) in [4.78, 5) is 12.3. The van der Waals surface area contributed by atoms with Crippen molar-refractivity contribution in [1.82, 2.24) is 0 Å². The van der Waals surface area contributed by atoms with E-state index in [0.717, 1.165) is 47.0 Å². The Bertz CT molecular complexity index is 484. The van der Waals surface area contributed by atoms with Crippen LogP contribution in [0.15, 0.2) is 16.6 Å². The van der Waals surface area contributed by atoms with Crippen molar-refractivity contribution >= 4 is 27.5 Å². The fourth-order valence-electron chi connectivity index (χ4n) is 3.04. The van der Waals surface area contributed by atoms with E-state index in [2.05, 4.69) is 21.2 Å². The molecule has 3 N–H and O–H groups in total. The average Bonchev–Trinajstić information content (AvgIpc) is 2.34. The van der Waals surface area contributed by atoms with E-state index in [1.165, 1.54) is 6.42 Å². The van der Waals surface area contributed by atoms with E-state index in [9.17, 15) is 4.79 Å². The van der Waals surface area contributed by atoms with E-state index in [0.29, 0.717) is 6.42 Å². The van der Waals surface area contributed by atoms with Gasteiger partial charge in [-0.3, -0.25) is 4.79 Å². The predicted molar refractivity (Wildman–Crippen MR) is 86.9 cm³/mol. The maximum Gasteiger partial charge on any atom is 0.226 e. The first kappa shape index (κ1) is 15.5. The molecule has 110 valence electrons. The first-order valence-electron chi connectivity index (χ1n) is 7.25. The lowest BCUT2D eigenvalue weighted by molar-refractivity contribution is -0.117. The summed E-state index contributed by atoms with van der Waals surface area (Å²) < 4.78 is 1.04. The quantitative estimate of drug-likeness (QED) is 0.873. The highest BCUT2D eigenvalue weighted by molar-refractivity contribution is 9.10. The third-order valence-electron chi connectivity index (χ3n) is 4.12. The number of hydrogen-bond donors (Lipinski definition) is 2. The molecule has 0 aliphatic heterocycles. The van der Waals surface area contributed by atoms with Crippen LogP contribution in [0.2, 0.25) is 0 Å². The topological polar surface area (TPSA) is 55.1 Å². The van der Waals surface area contributed by atoms with Crippen molar-refractivity contribution in [1.29, 1.82) is 0 Å². The molecule has 0 unspecified atom stereocenters. The van der Waals surface area contributed by atoms with Crippen LogP contribution >= 0.6 is 15.9 Å². The monoisotopic (exact) mass is 338 g/mol. The molecule has 3 nitrogen and oxygen atoms in total. The molecule has 1 aromatic rings. The first-order valence-corrected chi connectivity index (χ1v) is 8.04. The van der Waals surface area contributed by atoms with E-state index < -0.39 is 0 Å². The van der Waals surface area contributed by atoms with Crippen LogP contribution in [-0.4, -0.2) is 11.4 Å². The van der Waals surface area contributed by atoms with Crippen molar-refractivity contribution in [3.63, 3.8) is 0 Å². The Hall–Kier alpha value is -0.870. The first-order chi connectivity index (χ1) is 9.39. The number of aryl methyl sites for hydroxylation is 2. The lowest BCUT2D eigenvalue weighted by atomic mass is 9.80. The zero-order valence-electron chi connectivity index (χ0n) is 12.3. The van der Waals surface area contributed by atoms with E-state index in [1.54, 1.807) is 0 Å². The van der Waals surface area contributed by atoms with Crippen LogP contribution in [0.4, 0.5) is 5.69 Å². The lowest BCUT2D eigenvalue weighted by Crippen LogP contribution is -2.44. The van der Waals surface area contributed by atoms with E-state index in [-0.39, 0.29) is 11.4 Å². The second kappa shape index (κ2) is 6.27. The molecule has 0 aromatic heterocycles. The highest BCUT2D eigenvalue weighted by Gasteiger charge is 2.30. The molecule has 1 aromatic carbocycles. The van der Waals surface area contributed by atoms with E-state index in [4.69, 9.17) is 5.73 Å². The molecule has 0 saturated heterocycles. The standard InChI is InChI=1S/C16H23BrN2O/c1-11-8-13(17)9-12(2)15(11)19-14(20)10-16(18)6-4-3-5-7-16/h8-9H,3-7,10,18H2,1-2H3,(H,19,20). The molecule has 1 aliphatic rings. The van der Waals surface area contributed by atoms with Crippen LogP contribution in [0, 0.1) is 13.8 Å². The van der Waals surface area contributed by atoms with Gasteiger partial charge in [-0.2, -0.15) is 0 Å². The Labute approximate surface area is 129 Å². The number of carbonyl (C=O) groups excluding carboxylic acids is 1. The highest BCUT2D eigenvalue weighted by Crippen LogP contribution is 2.30. The molecule has 4 heteroatoms. The average molecular weight is 339 g/mol. The third-order valence-corrected chi connectivity index (χ3v) is 4.58. The molecule has 20 heavy (non-hydrogen) atoms. The van der Waals surface area contributed by atoms with Crippen LogP contribution in [0.25, 0.3) is 0 Å². The number of rotatable bonds is 3. The molecule has 0 heterocycles. The van der Waals surface area contributed by atoms with Gasteiger partial charge < -0.3 is 11.1 Å². The molecule has 1 saturated carbocycles. The Morgan fingerprint density at radius 3 is 2.35 bits per heavy atom. The number of benzene rings is 1. The maximum absolute atomic E-state index is 12.3. The molecule has 0 spiro atoms. The Balaban J connectivity index is 2.05. The number of halogens is 1. The second-order valence-electron chi connectivity index (χ2n) is 6.06. The molecule has 1 fully saturated rings. The zero-order chi connectivity index (χ0) is 14.8. The predicted octanol–water partition coefficient (Wildman–Crippen LogP) is 4.06. The molecule has 2 rings (SSSR count). The fraction of sp³-hybridized carbons (Fsp3) is 0.562. The largest absolute Gasteiger partial charge is 0.326 e. The number of anilines is 1. The highest BCUT2D eigenvalue weighted by atomic mass is 79.9. The fourth-order valence-corrected chi connectivity index (χ4v) is 3.73. The van der Waals surface area contributed by atoms with E-state index in [1.807, 2.05) is 26.0 Å². The molecule has 1 aliphatic carbocycles. The molecule has 0 atom stereocenters. The summed E-state index contributed by atoms with van der Waals surface area (Å²) in [6.45, 7) is 4.01. The van der Waals surface area contributed by atoms with Gasteiger partial charge in [0.25, 0.3) is 0 Å². The Morgan fingerprint density at radius 2 is 1.80 bits per heavy atom. The smallest absolute Gasteiger partial charge is 0.226 e. The van der Waals surface area contributed by atoms with Crippen LogP contribution in [0.1, 0.15) is 49.7 Å². The SMILES string of the molecule is Cc1cc(Br)cc(C)c1NC(=O)CC1(N)CCCCC1. The number of carbonyl (C=O) groups is 1. The van der Waals surface area contributed by atoms with Gasteiger partial charge in [-0.05, 0) is 49.9 Å². The minimum absolute atomic E-state index is 0.0305. The summed E-state index contributed by atoms with van der Waals surface area (Å²) in [6, 6.07) is 4.03. The van der Waals surface area contributed by atoms with Crippen molar-refractivity contribution in [2.75, 3.05) is 5.32 Å². The minimum Gasteiger partial charge on any atom is -0.326 e. The summed E-state index contributed by atoms with van der Waals surface area (Å²) in [5, 5.41) is 3.04. The van der Waals surface area contributed by atoms with Crippen LogP contribution < -0.4 is 11.1 Å². The van der Waals surface area contributed by atoms with Crippen LogP contribution in [-0.2, 0) is 4.79 Å². The molecule has 1 amide bonds. The number of nitrogens with two attached hydrogens (primary N) is 1. The normalized spacial score (nSPS) is 17.8. The van der Waals surface area contributed by atoms with Crippen LogP contribution in [0.5, 0.6) is 0 Å². The van der Waals surface area contributed by atoms with Crippen LogP contribution in [0.3, 0.4) is 0 Å². The van der Waals surface area contributed by atoms with Crippen molar-refractivity contribution in [2.24, 2.45) is 5.73 Å². The van der Waals surface area contributed by atoms with Gasteiger partial charge in [0.05, 0.1) is 0 Å². The van der Waals surface area contributed by atoms with Gasteiger partial charge in [-0.25, -0.2) is 0 Å². The van der Waals surface area contributed by atoms with E-state index >= 15 is 0 Å². The summed E-state index contributed by atoms with van der Waals surface area (Å²) >= 11 is 3.47. The second-order valence-corrected chi connectivity index (χ2v) is 6.98. The van der Waals surface area contributed by atoms with Gasteiger partial charge in [0.2, 0.25) is 5.91 Å². The summed E-state index contributed by atoms with van der Waals surface area (Å²) in [5.41, 5.74) is 9.09. The molecule has 0 bridgehead atoms. The lowest BCUT2D eigenvalue weighted by Gasteiger charge is -2.32. The van der Waals surface area contributed by atoms with Gasteiger partial charge in [0.15, 0.2) is 0 Å². The van der Waals surface area contributed by atoms with Gasteiger partial charge in [-0.1, -0.05) is 35.2 Å². The summed E-state index contributed by atoms with van der Waals surface area (Å²) in [6.07, 6.45) is 5.85. The van der Waals surface area contributed by atoms with Gasteiger partial charge in [0.1, 0.15) is 0 Å². The van der Waals surface area contributed by atoms with Crippen molar-refractivity contribution in [2.45, 2.75) is 57.9 Å². The minimum atomic E-state index is -0.306. The third kappa shape index (κ3) is 3.83.